The van der Waals surface area contributed by atoms with Gasteiger partial charge in [-0.2, -0.15) is 0 Å². The van der Waals surface area contributed by atoms with Gasteiger partial charge in [-0.25, -0.2) is 4.39 Å². The fourth-order valence-electron chi connectivity index (χ4n) is 2.99. The van der Waals surface area contributed by atoms with E-state index >= 15 is 0 Å². The summed E-state index contributed by atoms with van der Waals surface area (Å²) >= 11 is 0. The summed E-state index contributed by atoms with van der Waals surface area (Å²) in [7, 11) is 0. The van der Waals surface area contributed by atoms with E-state index in [-0.39, 0.29) is 42.6 Å². The highest BCUT2D eigenvalue weighted by atomic mass is 35.5. The van der Waals surface area contributed by atoms with Crippen LogP contribution in [-0.2, 0) is 11.3 Å². The number of carbonyl (C=O) groups is 2. The van der Waals surface area contributed by atoms with Crippen LogP contribution in [0.4, 0.5) is 10.1 Å². The summed E-state index contributed by atoms with van der Waals surface area (Å²) in [4.78, 5) is 24.2. The molecule has 1 fully saturated rings. The smallest absolute Gasteiger partial charge is 0.251 e. The number of benzene rings is 2. The van der Waals surface area contributed by atoms with Gasteiger partial charge in [0.2, 0.25) is 5.91 Å². The molecular formula is C20H23ClFN3O2. The third-order valence-corrected chi connectivity index (χ3v) is 4.42. The summed E-state index contributed by atoms with van der Waals surface area (Å²) in [6.45, 7) is 1.09. The maximum atomic E-state index is 13.6. The maximum Gasteiger partial charge on any atom is 0.251 e. The summed E-state index contributed by atoms with van der Waals surface area (Å²) in [5, 5.41) is 8.82. The molecule has 7 heteroatoms. The van der Waals surface area contributed by atoms with Crippen LogP contribution in [0.25, 0.3) is 0 Å². The molecule has 1 atom stereocenters. The Morgan fingerprint density at radius 2 is 1.85 bits per heavy atom. The molecule has 5 nitrogen and oxygen atoms in total. The lowest BCUT2D eigenvalue weighted by Crippen LogP contribution is -2.27. The monoisotopic (exact) mass is 391 g/mol. The summed E-state index contributed by atoms with van der Waals surface area (Å²) < 4.78 is 13.6. The molecule has 1 saturated heterocycles. The first kappa shape index (κ1) is 20.9. The van der Waals surface area contributed by atoms with Gasteiger partial charge in [0.25, 0.3) is 5.91 Å². The van der Waals surface area contributed by atoms with Crippen LogP contribution in [-0.4, -0.2) is 24.4 Å². The van der Waals surface area contributed by atoms with E-state index in [0.29, 0.717) is 23.2 Å². The van der Waals surface area contributed by atoms with Crippen LogP contribution in [0.1, 0.15) is 35.2 Å². The van der Waals surface area contributed by atoms with E-state index in [9.17, 15) is 14.0 Å². The standard InChI is InChI=1S/C20H22FN3O2.ClH/c21-18-6-2-1-4-15(18)13-23-20(26)14-7-9-16(10-8-14)24-19(25)12-17-5-3-11-22-17;/h1-2,4,6-10,17,22H,3,5,11-13H2,(H,23,26)(H,24,25);1H. The van der Waals surface area contributed by atoms with Crippen LogP contribution in [0.2, 0.25) is 0 Å². The highest BCUT2D eigenvalue weighted by Gasteiger charge is 2.17. The van der Waals surface area contributed by atoms with Crippen molar-refractivity contribution in [3.63, 3.8) is 0 Å². The molecule has 2 amide bonds. The number of anilines is 1. The molecule has 1 aliphatic rings. The van der Waals surface area contributed by atoms with Gasteiger partial charge >= 0.3 is 0 Å². The van der Waals surface area contributed by atoms with Crippen molar-refractivity contribution in [1.82, 2.24) is 10.6 Å². The van der Waals surface area contributed by atoms with Gasteiger partial charge in [-0.05, 0) is 49.7 Å². The molecule has 2 aromatic carbocycles. The lowest BCUT2D eigenvalue weighted by atomic mass is 10.1. The second kappa shape index (κ2) is 10.0. The molecule has 0 saturated carbocycles. The molecule has 0 aliphatic carbocycles. The van der Waals surface area contributed by atoms with E-state index in [1.165, 1.54) is 6.07 Å². The van der Waals surface area contributed by atoms with Gasteiger partial charge in [0, 0.05) is 35.8 Å². The average Bonchev–Trinajstić information content (AvgIpc) is 3.14. The molecule has 3 N–H and O–H groups in total. The van der Waals surface area contributed by atoms with Crippen molar-refractivity contribution in [2.24, 2.45) is 0 Å². The Bertz CT molecular complexity index is 777. The van der Waals surface area contributed by atoms with Crippen LogP contribution in [0, 0.1) is 5.82 Å². The van der Waals surface area contributed by atoms with E-state index in [1.807, 2.05) is 0 Å². The van der Waals surface area contributed by atoms with E-state index < -0.39 is 0 Å². The Balaban J connectivity index is 0.00000261. The zero-order valence-corrected chi connectivity index (χ0v) is 15.7. The van der Waals surface area contributed by atoms with Crippen molar-refractivity contribution >= 4 is 29.9 Å². The van der Waals surface area contributed by atoms with Gasteiger partial charge in [-0.15, -0.1) is 12.4 Å². The molecule has 1 heterocycles. The molecule has 0 spiro atoms. The summed E-state index contributed by atoms with van der Waals surface area (Å²) in [6, 6.07) is 13.2. The van der Waals surface area contributed by atoms with Crippen molar-refractivity contribution in [2.45, 2.75) is 31.8 Å². The highest BCUT2D eigenvalue weighted by Crippen LogP contribution is 2.13. The molecular weight excluding hydrogens is 369 g/mol. The van der Waals surface area contributed by atoms with Crippen molar-refractivity contribution in [2.75, 3.05) is 11.9 Å². The Kier molecular flexibility index (Phi) is 7.76. The Morgan fingerprint density at radius 1 is 1.11 bits per heavy atom. The molecule has 144 valence electrons. The van der Waals surface area contributed by atoms with Crippen molar-refractivity contribution in [1.29, 1.82) is 0 Å². The number of rotatable bonds is 6. The summed E-state index contributed by atoms with van der Waals surface area (Å²) in [6.07, 6.45) is 2.58. The topological polar surface area (TPSA) is 70.2 Å². The Hall–Kier alpha value is -2.44. The minimum absolute atomic E-state index is 0. The minimum atomic E-state index is -0.345. The predicted molar refractivity (Wildman–Crippen MR) is 106 cm³/mol. The number of amides is 2. The number of hydrogen-bond acceptors (Lipinski definition) is 3. The van der Waals surface area contributed by atoms with Crippen molar-refractivity contribution in [3.8, 4) is 0 Å². The van der Waals surface area contributed by atoms with Crippen LogP contribution >= 0.6 is 12.4 Å². The lowest BCUT2D eigenvalue weighted by Gasteiger charge is -2.11. The average molecular weight is 392 g/mol. The van der Waals surface area contributed by atoms with E-state index in [4.69, 9.17) is 0 Å². The molecule has 3 rings (SSSR count). The molecule has 1 aliphatic heterocycles. The molecule has 0 radical (unpaired) electrons. The summed E-state index contributed by atoms with van der Waals surface area (Å²) in [5.41, 5.74) is 1.54. The first-order valence-corrected chi connectivity index (χ1v) is 8.77. The second-order valence-electron chi connectivity index (χ2n) is 6.40. The fraction of sp³-hybridized carbons (Fsp3) is 0.300. The van der Waals surface area contributed by atoms with E-state index in [2.05, 4.69) is 16.0 Å². The number of hydrogen-bond donors (Lipinski definition) is 3. The van der Waals surface area contributed by atoms with Crippen LogP contribution in [0.5, 0.6) is 0 Å². The largest absolute Gasteiger partial charge is 0.348 e. The van der Waals surface area contributed by atoms with Gasteiger partial charge in [0.05, 0.1) is 0 Å². The molecule has 0 aromatic heterocycles. The number of nitrogens with one attached hydrogen (secondary N) is 3. The van der Waals surface area contributed by atoms with Crippen molar-refractivity contribution < 1.29 is 14.0 Å². The predicted octanol–water partition coefficient (Wildman–Crippen LogP) is 3.26. The Morgan fingerprint density at radius 3 is 2.52 bits per heavy atom. The number of carbonyl (C=O) groups excluding carboxylic acids is 2. The van der Waals surface area contributed by atoms with E-state index in [0.717, 1.165) is 19.4 Å². The maximum absolute atomic E-state index is 13.6. The quantitative estimate of drug-likeness (QED) is 0.707. The Labute approximate surface area is 164 Å². The zero-order chi connectivity index (χ0) is 18.4. The van der Waals surface area contributed by atoms with Gasteiger partial charge in [-0.1, -0.05) is 18.2 Å². The number of halogens is 2. The van der Waals surface area contributed by atoms with Gasteiger partial charge < -0.3 is 16.0 Å². The fourth-order valence-corrected chi connectivity index (χ4v) is 2.99. The zero-order valence-electron chi connectivity index (χ0n) is 14.8. The molecule has 2 aromatic rings. The van der Waals surface area contributed by atoms with Crippen LogP contribution in [0.15, 0.2) is 48.5 Å². The first-order chi connectivity index (χ1) is 12.6. The normalized spacial score (nSPS) is 15.7. The van der Waals surface area contributed by atoms with Gasteiger partial charge in [0.1, 0.15) is 5.82 Å². The van der Waals surface area contributed by atoms with Crippen LogP contribution < -0.4 is 16.0 Å². The first-order valence-electron chi connectivity index (χ1n) is 8.77. The van der Waals surface area contributed by atoms with Gasteiger partial charge in [-0.3, -0.25) is 9.59 Å². The second-order valence-corrected chi connectivity index (χ2v) is 6.40. The third-order valence-electron chi connectivity index (χ3n) is 4.42. The molecule has 27 heavy (non-hydrogen) atoms. The minimum Gasteiger partial charge on any atom is -0.348 e. The SMILES string of the molecule is Cl.O=C(CC1CCCN1)Nc1ccc(C(=O)NCc2ccccc2F)cc1. The molecule has 0 bridgehead atoms. The van der Waals surface area contributed by atoms with Crippen LogP contribution in [0.3, 0.4) is 0 Å². The summed E-state index contributed by atoms with van der Waals surface area (Å²) in [5.74, 6) is -0.676. The third kappa shape index (κ3) is 6.05. The highest BCUT2D eigenvalue weighted by molar-refractivity contribution is 5.95. The molecule has 1 unspecified atom stereocenters. The van der Waals surface area contributed by atoms with E-state index in [1.54, 1.807) is 42.5 Å². The van der Waals surface area contributed by atoms with Gasteiger partial charge in [0.15, 0.2) is 0 Å². The van der Waals surface area contributed by atoms with Crippen molar-refractivity contribution in [3.05, 3.63) is 65.5 Å². The lowest BCUT2D eigenvalue weighted by molar-refractivity contribution is -0.116.